The zero-order valence-electron chi connectivity index (χ0n) is 11.1. The summed E-state index contributed by atoms with van der Waals surface area (Å²) in [7, 11) is 4.05. The predicted molar refractivity (Wildman–Crippen MR) is 77.1 cm³/mol. The van der Waals surface area contributed by atoms with Crippen LogP contribution in [-0.2, 0) is 0 Å². The van der Waals surface area contributed by atoms with Gasteiger partial charge in [0.25, 0.3) is 0 Å². The number of rotatable bonds is 3. The summed E-state index contributed by atoms with van der Waals surface area (Å²) in [5, 5.41) is 9.70. The van der Waals surface area contributed by atoms with Crippen LogP contribution in [0.2, 0.25) is 5.02 Å². The molecule has 0 radical (unpaired) electrons. The molecule has 1 atom stereocenters. The minimum atomic E-state index is -1.00. The standard InChI is InChI=1S/C13H18ClN3O2/c1-16(2)9-3-4-17(7-9)12-10(13(18)19)5-8(15)6-11(12)14/h5-6,9H,3-4,7,15H2,1-2H3,(H,18,19). The summed E-state index contributed by atoms with van der Waals surface area (Å²) in [5.74, 6) is -1.00. The number of benzene rings is 1. The Morgan fingerprint density at radius 1 is 1.53 bits per heavy atom. The highest BCUT2D eigenvalue weighted by atomic mass is 35.5. The third-order valence-corrected chi connectivity index (χ3v) is 3.81. The molecular formula is C13H18ClN3O2. The summed E-state index contributed by atoms with van der Waals surface area (Å²) in [6, 6.07) is 3.48. The normalized spacial score (nSPS) is 19.2. The molecular weight excluding hydrogens is 266 g/mol. The number of nitrogen functional groups attached to an aromatic ring is 1. The topological polar surface area (TPSA) is 69.8 Å². The summed E-state index contributed by atoms with van der Waals surface area (Å²) in [6.45, 7) is 1.57. The van der Waals surface area contributed by atoms with Gasteiger partial charge in [0.2, 0.25) is 0 Å². The van der Waals surface area contributed by atoms with Crippen LogP contribution in [0.25, 0.3) is 0 Å². The van der Waals surface area contributed by atoms with E-state index >= 15 is 0 Å². The predicted octanol–water partition coefficient (Wildman–Crippen LogP) is 1.76. The van der Waals surface area contributed by atoms with Crippen LogP contribution in [0.5, 0.6) is 0 Å². The van der Waals surface area contributed by atoms with Gasteiger partial charge in [-0.15, -0.1) is 0 Å². The molecule has 1 aromatic carbocycles. The van der Waals surface area contributed by atoms with E-state index < -0.39 is 5.97 Å². The first-order valence-electron chi connectivity index (χ1n) is 6.14. The van der Waals surface area contributed by atoms with Crippen molar-refractivity contribution in [3.8, 4) is 0 Å². The van der Waals surface area contributed by atoms with E-state index in [1.807, 2.05) is 19.0 Å². The number of hydrogen-bond acceptors (Lipinski definition) is 4. The van der Waals surface area contributed by atoms with E-state index in [2.05, 4.69) is 4.90 Å². The first kappa shape index (κ1) is 14.0. The maximum absolute atomic E-state index is 11.3. The highest BCUT2D eigenvalue weighted by Crippen LogP contribution is 2.35. The largest absolute Gasteiger partial charge is 0.478 e. The number of nitrogens with two attached hydrogens (primary N) is 1. The molecule has 1 saturated heterocycles. The molecule has 0 saturated carbocycles. The first-order valence-corrected chi connectivity index (χ1v) is 6.51. The SMILES string of the molecule is CN(C)C1CCN(c2c(Cl)cc(N)cc2C(=O)O)C1. The van der Waals surface area contributed by atoms with E-state index in [1.165, 1.54) is 6.07 Å². The second-order valence-electron chi connectivity index (χ2n) is 5.06. The van der Waals surface area contributed by atoms with Crippen molar-refractivity contribution in [2.75, 3.05) is 37.8 Å². The van der Waals surface area contributed by atoms with Gasteiger partial charge >= 0.3 is 5.97 Å². The summed E-state index contributed by atoms with van der Waals surface area (Å²) in [5.41, 5.74) is 6.78. The number of carboxylic acids is 1. The van der Waals surface area contributed by atoms with Crippen molar-refractivity contribution in [1.29, 1.82) is 0 Å². The maximum Gasteiger partial charge on any atom is 0.337 e. The Labute approximate surface area is 117 Å². The van der Waals surface area contributed by atoms with E-state index in [0.717, 1.165) is 19.5 Å². The molecule has 3 N–H and O–H groups in total. The third kappa shape index (κ3) is 2.77. The van der Waals surface area contributed by atoms with Gasteiger partial charge in [-0.1, -0.05) is 11.6 Å². The number of aromatic carboxylic acids is 1. The molecule has 2 rings (SSSR count). The Kier molecular flexibility index (Phi) is 3.87. The lowest BCUT2D eigenvalue weighted by Crippen LogP contribution is -2.32. The lowest BCUT2D eigenvalue weighted by molar-refractivity contribution is 0.0697. The smallest absolute Gasteiger partial charge is 0.337 e. The van der Waals surface area contributed by atoms with Crippen LogP contribution in [-0.4, -0.2) is 49.2 Å². The number of likely N-dealkylation sites (N-methyl/N-ethyl adjacent to an activating group) is 1. The van der Waals surface area contributed by atoms with E-state index in [1.54, 1.807) is 6.07 Å². The molecule has 104 valence electrons. The Hall–Kier alpha value is -1.46. The lowest BCUT2D eigenvalue weighted by atomic mass is 10.1. The molecule has 5 nitrogen and oxygen atoms in total. The molecule has 1 aliphatic heterocycles. The molecule has 6 heteroatoms. The van der Waals surface area contributed by atoms with E-state index in [9.17, 15) is 9.90 Å². The fourth-order valence-electron chi connectivity index (χ4n) is 2.47. The fraction of sp³-hybridized carbons (Fsp3) is 0.462. The van der Waals surface area contributed by atoms with Crippen molar-refractivity contribution in [2.45, 2.75) is 12.5 Å². The zero-order valence-corrected chi connectivity index (χ0v) is 11.8. The number of carbonyl (C=O) groups is 1. The Balaban J connectivity index is 2.37. The van der Waals surface area contributed by atoms with Gasteiger partial charge in [0, 0.05) is 24.8 Å². The number of halogens is 1. The van der Waals surface area contributed by atoms with Gasteiger partial charge in [-0.25, -0.2) is 4.79 Å². The molecule has 1 aliphatic rings. The van der Waals surface area contributed by atoms with Crippen LogP contribution in [0, 0.1) is 0 Å². The van der Waals surface area contributed by atoms with Gasteiger partial charge in [0.15, 0.2) is 0 Å². The summed E-state index contributed by atoms with van der Waals surface area (Å²) in [6.07, 6.45) is 0.993. The summed E-state index contributed by atoms with van der Waals surface area (Å²) < 4.78 is 0. The number of anilines is 2. The molecule has 0 amide bonds. The van der Waals surface area contributed by atoms with Crippen molar-refractivity contribution in [2.24, 2.45) is 0 Å². The number of carboxylic acid groups (broad SMARTS) is 1. The number of nitrogens with zero attached hydrogens (tertiary/aromatic N) is 2. The average Bonchev–Trinajstić information content (AvgIpc) is 2.76. The van der Waals surface area contributed by atoms with Gasteiger partial charge in [0.1, 0.15) is 0 Å². The monoisotopic (exact) mass is 283 g/mol. The first-order chi connectivity index (χ1) is 8.90. The number of hydrogen-bond donors (Lipinski definition) is 2. The molecule has 19 heavy (non-hydrogen) atoms. The van der Waals surface area contributed by atoms with Gasteiger partial charge in [0.05, 0.1) is 16.3 Å². The van der Waals surface area contributed by atoms with E-state index in [0.29, 0.717) is 22.4 Å². The third-order valence-electron chi connectivity index (χ3n) is 3.53. The maximum atomic E-state index is 11.3. The summed E-state index contributed by atoms with van der Waals surface area (Å²) in [4.78, 5) is 15.5. The van der Waals surface area contributed by atoms with E-state index in [4.69, 9.17) is 17.3 Å². The highest BCUT2D eigenvalue weighted by molar-refractivity contribution is 6.34. The Morgan fingerprint density at radius 3 is 2.74 bits per heavy atom. The molecule has 1 unspecified atom stereocenters. The molecule has 0 aliphatic carbocycles. The van der Waals surface area contributed by atoms with E-state index in [-0.39, 0.29) is 5.56 Å². The van der Waals surface area contributed by atoms with Gasteiger partial charge in [-0.2, -0.15) is 0 Å². The molecule has 0 spiro atoms. The van der Waals surface area contributed by atoms with Crippen LogP contribution in [0.1, 0.15) is 16.8 Å². The van der Waals surface area contributed by atoms with Crippen molar-refractivity contribution in [3.63, 3.8) is 0 Å². The van der Waals surface area contributed by atoms with Crippen molar-refractivity contribution in [1.82, 2.24) is 4.90 Å². The van der Waals surface area contributed by atoms with Crippen LogP contribution >= 0.6 is 11.6 Å². The Bertz CT molecular complexity index is 505. The van der Waals surface area contributed by atoms with Gasteiger partial charge < -0.3 is 20.6 Å². The molecule has 1 heterocycles. The van der Waals surface area contributed by atoms with Gasteiger partial charge in [-0.05, 0) is 32.6 Å². The Morgan fingerprint density at radius 2 is 2.21 bits per heavy atom. The van der Waals surface area contributed by atoms with Gasteiger partial charge in [-0.3, -0.25) is 0 Å². The molecule has 0 bridgehead atoms. The zero-order chi connectivity index (χ0) is 14.2. The quantitative estimate of drug-likeness (QED) is 0.827. The van der Waals surface area contributed by atoms with Crippen LogP contribution < -0.4 is 10.6 Å². The van der Waals surface area contributed by atoms with Crippen molar-refractivity contribution >= 4 is 28.9 Å². The average molecular weight is 284 g/mol. The minimum Gasteiger partial charge on any atom is -0.478 e. The fourth-order valence-corrected chi connectivity index (χ4v) is 2.82. The second kappa shape index (κ2) is 5.27. The minimum absolute atomic E-state index is 0.171. The molecule has 0 aromatic heterocycles. The van der Waals surface area contributed by atoms with Crippen LogP contribution in [0.4, 0.5) is 11.4 Å². The highest BCUT2D eigenvalue weighted by Gasteiger charge is 2.28. The second-order valence-corrected chi connectivity index (χ2v) is 5.46. The summed E-state index contributed by atoms with van der Waals surface area (Å²) >= 11 is 6.19. The van der Waals surface area contributed by atoms with Crippen molar-refractivity contribution < 1.29 is 9.90 Å². The lowest BCUT2D eigenvalue weighted by Gasteiger charge is -2.24. The van der Waals surface area contributed by atoms with Crippen LogP contribution in [0.15, 0.2) is 12.1 Å². The molecule has 1 fully saturated rings. The van der Waals surface area contributed by atoms with Crippen molar-refractivity contribution in [3.05, 3.63) is 22.7 Å². The molecule has 1 aromatic rings. The van der Waals surface area contributed by atoms with Crippen LogP contribution in [0.3, 0.4) is 0 Å².